The molecule has 3 aromatic rings. The molecule has 4 rings (SSSR count). The molecule has 1 aromatic heterocycles. The van der Waals surface area contributed by atoms with E-state index in [0.29, 0.717) is 22.8 Å². The van der Waals surface area contributed by atoms with Crippen LogP contribution in [0.2, 0.25) is 0 Å². The topological polar surface area (TPSA) is 71.1 Å². The molecule has 1 unspecified atom stereocenters. The van der Waals surface area contributed by atoms with Gasteiger partial charge in [0.25, 0.3) is 5.91 Å². The number of carbonyl (C=O) groups is 2. The van der Waals surface area contributed by atoms with Gasteiger partial charge in [-0.15, -0.1) is 11.3 Å². The lowest BCUT2D eigenvalue weighted by atomic mass is 9.90. The number of hydrogen-bond donors (Lipinski definition) is 2. The Hall–Kier alpha value is -3.06. The molecule has 0 aliphatic heterocycles. The molecule has 2 aromatic carbocycles. The quantitative estimate of drug-likeness (QED) is 0.679. The predicted octanol–water partition coefficient (Wildman–Crippen LogP) is 4.59. The molecule has 1 aliphatic carbocycles. The normalized spacial score (nSPS) is 15.5. The number of halogens is 1. The van der Waals surface area contributed by atoms with Crippen LogP contribution in [0, 0.1) is 5.82 Å². The summed E-state index contributed by atoms with van der Waals surface area (Å²) < 4.78 is 13.0. The molecule has 2 amide bonds. The number of nitrogens with zero attached hydrogens (tertiary/aromatic N) is 1. The molecular weight excluding hydrogens is 377 g/mol. The Labute approximate surface area is 165 Å². The molecule has 0 saturated heterocycles. The second-order valence-corrected chi connectivity index (χ2v) is 7.67. The number of nitrogens with one attached hydrogen (secondary N) is 2. The maximum Gasteiger partial charge on any atom is 0.257 e. The van der Waals surface area contributed by atoms with Crippen LogP contribution in [0.25, 0.3) is 0 Å². The fraction of sp³-hybridized carbons (Fsp3) is 0.190. The summed E-state index contributed by atoms with van der Waals surface area (Å²) in [4.78, 5) is 30.7. The number of carbonyl (C=O) groups excluding carboxylic acids is 2. The summed E-state index contributed by atoms with van der Waals surface area (Å²) in [6.45, 7) is 0. The molecule has 142 valence electrons. The first-order chi connectivity index (χ1) is 13.6. The Morgan fingerprint density at radius 3 is 2.54 bits per heavy atom. The molecule has 0 bridgehead atoms. The Morgan fingerprint density at radius 1 is 1.04 bits per heavy atom. The van der Waals surface area contributed by atoms with Crippen LogP contribution < -0.4 is 10.6 Å². The Bertz CT molecular complexity index is 1000. The van der Waals surface area contributed by atoms with Crippen molar-refractivity contribution < 1.29 is 14.0 Å². The zero-order chi connectivity index (χ0) is 19.5. The largest absolute Gasteiger partial charge is 0.326 e. The second kappa shape index (κ2) is 7.90. The third-order valence-corrected chi connectivity index (χ3v) is 5.69. The predicted molar refractivity (Wildman–Crippen MR) is 107 cm³/mol. The van der Waals surface area contributed by atoms with Gasteiger partial charge < -0.3 is 5.32 Å². The third kappa shape index (κ3) is 3.94. The lowest BCUT2D eigenvalue weighted by Gasteiger charge is -2.20. The summed E-state index contributed by atoms with van der Waals surface area (Å²) in [5.74, 6) is -1.12. The average molecular weight is 395 g/mol. The lowest BCUT2D eigenvalue weighted by molar-refractivity contribution is -0.117. The van der Waals surface area contributed by atoms with E-state index in [9.17, 15) is 14.0 Å². The Morgan fingerprint density at radius 2 is 1.79 bits per heavy atom. The highest BCUT2D eigenvalue weighted by atomic mass is 32.1. The van der Waals surface area contributed by atoms with E-state index in [1.807, 2.05) is 6.07 Å². The summed E-state index contributed by atoms with van der Waals surface area (Å²) in [6, 6.07) is 14.6. The van der Waals surface area contributed by atoms with Crippen molar-refractivity contribution in [3.63, 3.8) is 0 Å². The van der Waals surface area contributed by atoms with Gasteiger partial charge in [0.1, 0.15) is 5.82 Å². The summed E-state index contributed by atoms with van der Waals surface area (Å²) in [6.07, 6.45) is 2.41. The van der Waals surface area contributed by atoms with Crippen LogP contribution in [0.3, 0.4) is 0 Å². The number of benzene rings is 2. The summed E-state index contributed by atoms with van der Waals surface area (Å²) in [7, 11) is 0. The van der Waals surface area contributed by atoms with Crippen molar-refractivity contribution in [1.82, 2.24) is 4.98 Å². The molecule has 28 heavy (non-hydrogen) atoms. The molecular formula is C21H18FN3O2S. The molecule has 2 N–H and O–H groups in total. The molecule has 0 radical (unpaired) electrons. The fourth-order valence-electron chi connectivity index (χ4n) is 3.25. The molecule has 7 heteroatoms. The number of aryl methyl sites for hydroxylation is 1. The van der Waals surface area contributed by atoms with Crippen molar-refractivity contribution >= 4 is 34.0 Å². The van der Waals surface area contributed by atoms with Crippen LogP contribution in [-0.2, 0) is 11.2 Å². The highest BCUT2D eigenvalue weighted by Crippen LogP contribution is 2.37. The van der Waals surface area contributed by atoms with Gasteiger partial charge in [-0.1, -0.05) is 18.2 Å². The maximum absolute atomic E-state index is 13.0. The summed E-state index contributed by atoms with van der Waals surface area (Å²) in [5.41, 5.74) is 1.83. The number of aromatic nitrogens is 1. The van der Waals surface area contributed by atoms with Gasteiger partial charge in [0, 0.05) is 16.1 Å². The van der Waals surface area contributed by atoms with Crippen molar-refractivity contribution in [2.75, 3.05) is 10.6 Å². The summed E-state index contributed by atoms with van der Waals surface area (Å²) >= 11 is 1.42. The van der Waals surface area contributed by atoms with E-state index < -0.39 is 0 Å². The van der Waals surface area contributed by atoms with Gasteiger partial charge in [-0.25, -0.2) is 9.37 Å². The maximum atomic E-state index is 13.0. The van der Waals surface area contributed by atoms with E-state index in [2.05, 4.69) is 15.6 Å². The minimum absolute atomic E-state index is 0.168. The first-order valence-electron chi connectivity index (χ1n) is 9.02. The van der Waals surface area contributed by atoms with Gasteiger partial charge in [-0.2, -0.15) is 0 Å². The monoisotopic (exact) mass is 395 g/mol. The standard InChI is InChI=1S/C21H18FN3O2S/c22-14-9-11-15(12-10-14)23-20(27)16-7-4-8-17-18(16)24-21(28-17)25-19(26)13-5-2-1-3-6-13/h1-3,5-6,9-12,16H,4,7-8H2,(H,23,27)(H,24,25,26). The molecule has 1 atom stereocenters. The molecule has 1 aliphatic rings. The van der Waals surface area contributed by atoms with Crippen LogP contribution >= 0.6 is 11.3 Å². The van der Waals surface area contributed by atoms with Gasteiger partial charge >= 0.3 is 0 Å². The average Bonchev–Trinajstić information content (AvgIpc) is 3.12. The van der Waals surface area contributed by atoms with E-state index in [-0.39, 0.29) is 23.5 Å². The van der Waals surface area contributed by atoms with Gasteiger partial charge in [-0.3, -0.25) is 14.9 Å². The van der Waals surface area contributed by atoms with Gasteiger partial charge in [0.15, 0.2) is 5.13 Å². The minimum Gasteiger partial charge on any atom is -0.326 e. The van der Waals surface area contributed by atoms with Crippen LogP contribution in [0.15, 0.2) is 54.6 Å². The second-order valence-electron chi connectivity index (χ2n) is 6.59. The number of hydrogen-bond acceptors (Lipinski definition) is 4. The van der Waals surface area contributed by atoms with Crippen molar-refractivity contribution in [3.05, 3.63) is 76.5 Å². The van der Waals surface area contributed by atoms with Crippen LogP contribution in [0.5, 0.6) is 0 Å². The highest BCUT2D eigenvalue weighted by molar-refractivity contribution is 7.16. The number of thiazole rings is 1. The van der Waals surface area contributed by atoms with Gasteiger partial charge in [0.05, 0.1) is 11.6 Å². The molecule has 0 fully saturated rings. The first-order valence-corrected chi connectivity index (χ1v) is 9.84. The third-order valence-electron chi connectivity index (χ3n) is 4.64. The lowest BCUT2D eigenvalue weighted by Crippen LogP contribution is -2.24. The summed E-state index contributed by atoms with van der Waals surface area (Å²) in [5, 5.41) is 6.15. The Balaban J connectivity index is 1.50. The zero-order valence-corrected chi connectivity index (χ0v) is 15.8. The molecule has 0 spiro atoms. The number of rotatable bonds is 4. The fourth-order valence-corrected chi connectivity index (χ4v) is 4.31. The van der Waals surface area contributed by atoms with Crippen LogP contribution in [0.1, 0.15) is 39.7 Å². The number of fused-ring (bicyclic) bond motifs is 1. The number of amides is 2. The van der Waals surface area contributed by atoms with Crippen molar-refractivity contribution in [2.45, 2.75) is 25.2 Å². The van der Waals surface area contributed by atoms with Gasteiger partial charge in [0.2, 0.25) is 5.91 Å². The smallest absolute Gasteiger partial charge is 0.257 e. The minimum atomic E-state index is -0.382. The van der Waals surface area contributed by atoms with E-state index in [4.69, 9.17) is 0 Å². The molecule has 0 saturated carbocycles. The van der Waals surface area contributed by atoms with Crippen molar-refractivity contribution in [1.29, 1.82) is 0 Å². The molecule has 1 heterocycles. The van der Waals surface area contributed by atoms with Crippen molar-refractivity contribution in [2.24, 2.45) is 0 Å². The van der Waals surface area contributed by atoms with Crippen LogP contribution in [0.4, 0.5) is 15.2 Å². The first kappa shape index (κ1) is 18.3. The van der Waals surface area contributed by atoms with E-state index in [1.165, 1.54) is 35.6 Å². The SMILES string of the molecule is O=C(Nc1nc2c(s1)CCCC2C(=O)Nc1ccc(F)cc1)c1ccccc1. The van der Waals surface area contributed by atoms with E-state index in [1.54, 1.807) is 24.3 Å². The van der Waals surface area contributed by atoms with Gasteiger partial charge in [-0.05, 0) is 55.7 Å². The zero-order valence-electron chi connectivity index (χ0n) is 14.9. The van der Waals surface area contributed by atoms with Crippen LogP contribution in [-0.4, -0.2) is 16.8 Å². The Kier molecular flexibility index (Phi) is 5.16. The van der Waals surface area contributed by atoms with Crippen molar-refractivity contribution in [3.8, 4) is 0 Å². The van der Waals surface area contributed by atoms with E-state index in [0.717, 1.165) is 23.4 Å². The molecule has 5 nitrogen and oxygen atoms in total. The van der Waals surface area contributed by atoms with E-state index >= 15 is 0 Å². The highest BCUT2D eigenvalue weighted by Gasteiger charge is 2.30. The number of anilines is 2.